The Hall–Kier alpha value is -2.86. The molecular formula is C22H26N2O4. The van der Waals surface area contributed by atoms with Crippen LogP contribution in [-0.4, -0.2) is 37.2 Å². The van der Waals surface area contributed by atoms with Crippen molar-refractivity contribution in [3.63, 3.8) is 0 Å². The van der Waals surface area contributed by atoms with Crippen LogP contribution in [0.5, 0.6) is 5.75 Å². The maximum atomic E-state index is 12.6. The van der Waals surface area contributed by atoms with Gasteiger partial charge in [0.05, 0.1) is 11.7 Å². The van der Waals surface area contributed by atoms with Gasteiger partial charge in [-0.2, -0.15) is 0 Å². The normalized spacial score (nSPS) is 17.0. The van der Waals surface area contributed by atoms with Crippen molar-refractivity contribution in [2.75, 3.05) is 13.2 Å². The van der Waals surface area contributed by atoms with Gasteiger partial charge in [0.15, 0.2) is 6.10 Å². The molecule has 2 amide bonds. The van der Waals surface area contributed by atoms with Gasteiger partial charge >= 0.3 is 0 Å². The van der Waals surface area contributed by atoms with Gasteiger partial charge in [-0.05, 0) is 37.5 Å². The van der Waals surface area contributed by atoms with E-state index in [1.165, 1.54) is 0 Å². The minimum atomic E-state index is -0.718. The van der Waals surface area contributed by atoms with E-state index in [1.54, 1.807) is 31.2 Å². The highest BCUT2D eigenvalue weighted by Gasteiger charge is 2.21. The second kappa shape index (κ2) is 9.90. The average Bonchev–Trinajstić information content (AvgIpc) is 3.25. The lowest BCUT2D eigenvalue weighted by Crippen LogP contribution is -2.40. The van der Waals surface area contributed by atoms with Crippen LogP contribution in [0.1, 0.15) is 35.7 Å². The van der Waals surface area contributed by atoms with Gasteiger partial charge in [-0.1, -0.05) is 42.5 Å². The Morgan fingerprint density at radius 1 is 1.11 bits per heavy atom. The number of rotatable bonds is 8. The highest BCUT2D eigenvalue weighted by molar-refractivity contribution is 5.97. The van der Waals surface area contributed by atoms with Crippen molar-refractivity contribution < 1.29 is 19.1 Å². The van der Waals surface area contributed by atoms with Crippen LogP contribution in [-0.2, 0) is 16.1 Å². The van der Waals surface area contributed by atoms with E-state index in [-0.39, 0.29) is 17.9 Å². The lowest BCUT2D eigenvalue weighted by Gasteiger charge is -2.18. The number of para-hydroxylation sites is 1. The Balaban J connectivity index is 1.56. The molecule has 1 heterocycles. The summed E-state index contributed by atoms with van der Waals surface area (Å²) in [6.07, 6.45) is 1.34. The first-order valence-corrected chi connectivity index (χ1v) is 9.60. The van der Waals surface area contributed by atoms with E-state index in [1.807, 2.05) is 30.3 Å². The maximum absolute atomic E-state index is 12.6. The molecule has 2 aromatic rings. The average molecular weight is 382 g/mol. The summed E-state index contributed by atoms with van der Waals surface area (Å²) in [4.78, 5) is 24.9. The van der Waals surface area contributed by atoms with Crippen molar-refractivity contribution >= 4 is 11.8 Å². The number of nitrogens with one attached hydrogen (secondary N) is 2. The summed E-state index contributed by atoms with van der Waals surface area (Å²) in [6, 6.07) is 16.6. The molecule has 0 saturated carbocycles. The predicted octanol–water partition coefficient (Wildman–Crippen LogP) is 2.68. The summed E-state index contributed by atoms with van der Waals surface area (Å²) in [5.41, 5.74) is 1.41. The van der Waals surface area contributed by atoms with Gasteiger partial charge in [-0.25, -0.2) is 0 Å². The molecule has 2 aromatic carbocycles. The lowest BCUT2D eigenvalue weighted by molar-refractivity contribution is -0.127. The number of hydrogen-bond acceptors (Lipinski definition) is 4. The first kappa shape index (κ1) is 19.9. The van der Waals surface area contributed by atoms with Gasteiger partial charge in [0.1, 0.15) is 5.75 Å². The molecule has 0 radical (unpaired) electrons. The molecule has 3 rings (SSSR count). The van der Waals surface area contributed by atoms with E-state index in [0.717, 1.165) is 25.0 Å². The summed E-state index contributed by atoms with van der Waals surface area (Å²) >= 11 is 0. The molecule has 2 N–H and O–H groups in total. The van der Waals surface area contributed by atoms with E-state index in [9.17, 15) is 9.59 Å². The van der Waals surface area contributed by atoms with Crippen LogP contribution in [0.15, 0.2) is 54.6 Å². The zero-order valence-corrected chi connectivity index (χ0v) is 16.0. The number of carbonyl (C=O) groups is 2. The minimum Gasteiger partial charge on any atom is -0.480 e. The molecule has 148 valence electrons. The van der Waals surface area contributed by atoms with E-state index in [4.69, 9.17) is 9.47 Å². The third kappa shape index (κ3) is 5.57. The molecule has 6 nitrogen and oxygen atoms in total. The summed E-state index contributed by atoms with van der Waals surface area (Å²) < 4.78 is 11.3. The van der Waals surface area contributed by atoms with E-state index >= 15 is 0 Å². The van der Waals surface area contributed by atoms with Gasteiger partial charge in [0.25, 0.3) is 11.8 Å². The summed E-state index contributed by atoms with van der Waals surface area (Å²) in [6.45, 7) is 3.32. The second-order valence-electron chi connectivity index (χ2n) is 6.80. The molecule has 28 heavy (non-hydrogen) atoms. The third-order valence-electron chi connectivity index (χ3n) is 4.63. The van der Waals surface area contributed by atoms with Gasteiger partial charge < -0.3 is 20.1 Å². The molecule has 1 aliphatic rings. The van der Waals surface area contributed by atoms with E-state index < -0.39 is 6.10 Å². The fourth-order valence-electron chi connectivity index (χ4n) is 3.04. The smallest absolute Gasteiger partial charge is 0.260 e. The predicted molar refractivity (Wildman–Crippen MR) is 106 cm³/mol. The van der Waals surface area contributed by atoms with Crippen molar-refractivity contribution in [2.45, 2.75) is 38.5 Å². The Kier molecular flexibility index (Phi) is 7.03. The van der Waals surface area contributed by atoms with Crippen LogP contribution in [0.2, 0.25) is 0 Å². The Morgan fingerprint density at radius 2 is 1.86 bits per heavy atom. The zero-order valence-electron chi connectivity index (χ0n) is 16.0. The number of amides is 2. The summed E-state index contributed by atoms with van der Waals surface area (Å²) in [5.74, 6) is -0.0887. The lowest BCUT2D eigenvalue weighted by atomic mass is 10.1. The number of carbonyl (C=O) groups excluding carboxylic acids is 2. The summed E-state index contributed by atoms with van der Waals surface area (Å²) in [5, 5.41) is 5.73. The Morgan fingerprint density at radius 3 is 2.61 bits per heavy atom. The standard InChI is InChI=1S/C22H26N2O4/c1-16(21(25)24-15-18-10-7-13-27-18)28-20-12-6-5-11-19(20)22(26)23-14-17-8-3-2-4-9-17/h2-6,8-9,11-12,16,18H,7,10,13-15H2,1H3,(H,23,26)(H,24,25)/t16-,18+/m1/s1. The van der Waals surface area contributed by atoms with Gasteiger partial charge in [0, 0.05) is 19.7 Å². The fraction of sp³-hybridized carbons (Fsp3) is 0.364. The molecule has 0 spiro atoms. The minimum absolute atomic E-state index is 0.0761. The van der Waals surface area contributed by atoms with Crippen molar-refractivity contribution in [3.05, 3.63) is 65.7 Å². The maximum Gasteiger partial charge on any atom is 0.260 e. The number of ether oxygens (including phenoxy) is 2. The van der Waals surface area contributed by atoms with Gasteiger partial charge in [0.2, 0.25) is 0 Å². The van der Waals surface area contributed by atoms with Crippen molar-refractivity contribution in [2.24, 2.45) is 0 Å². The van der Waals surface area contributed by atoms with Crippen LogP contribution in [0, 0.1) is 0 Å². The van der Waals surface area contributed by atoms with Gasteiger partial charge in [-0.15, -0.1) is 0 Å². The van der Waals surface area contributed by atoms with Crippen molar-refractivity contribution in [1.29, 1.82) is 0 Å². The van der Waals surface area contributed by atoms with E-state index in [2.05, 4.69) is 10.6 Å². The molecule has 0 aromatic heterocycles. The molecule has 0 aliphatic carbocycles. The number of benzene rings is 2. The molecule has 0 unspecified atom stereocenters. The van der Waals surface area contributed by atoms with Crippen molar-refractivity contribution in [3.8, 4) is 5.75 Å². The molecule has 1 fully saturated rings. The fourth-order valence-corrected chi connectivity index (χ4v) is 3.04. The topological polar surface area (TPSA) is 76.7 Å². The van der Waals surface area contributed by atoms with Crippen LogP contribution < -0.4 is 15.4 Å². The molecule has 1 saturated heterocycles. The van der Waals surface area contributed by atoms with Crippen LogP contribution in [0.4, 0.5) is 0 Å². The summed E-state index contributed by atoms with van der Waals surface area (Å²) in [7, 11) is 0. The largest absolute Gasteiger partial charge is 0.480 e. The Labute approximate surface area is 165 Å². The molecular weight excluding hydrogens is 356 g/mol. The SMILES string of the molecule is C[C@@H](Oc1ccccc1C(=O)NCc1ccccc1)C(=O)NC[C@@H]1CCCO1. The number of hydrogen-bond donors (Lipinski definition) is 2. The quantitative estimate of drug-likeness (QED) is 0.736. The Bertz CT molecular complexity index is 788. The first-order valence-electron chi connectivity index (χ1n) is 9.60. The molecule has 6 heteroatoms. The van der Waals surface area contributed by atoms with Crippen LogP contribution in [0.25, 0.3) is 0 Å². The zero-order chi connectivity index (χ0) is 19.8. The van der Waals surface area contributed by atoms with Crippen LogP contribution in [0.3, 0.4) is 0 Å². The monoisotopic (exact) mass is 382 g/mol. The molecule has 1 aliphatic heterocycles. The third-order valence-corrected chi connectivity index (χ3v) is 4.63. The second-order valence-corrected chi connectivity index (χ2v) is 6.80. The first-order chi connectivity index (χ1) is 13.6. The van der Waals surface area contributed by atoms with Crippen LogP contribution >= 0.6 is 0 Å². The van der Waals surface area contributed by atoms with Gasteiger partial charge in [-0.3, -0.25) is 9.59 Å². The molecule has 2 atom stereocenters. The molecule has 0 bridgehead atoms. The van der Waals surface area contributed by atoms with Crippen molar-refractivity contribution in [1.82, 2.24) is 10.6 Å². The highest BCUT2D eigenvalue weighted by atomic mass is 16.5. The highest BCUT2D eigenvalue weighted by Crippen LogP contribution is 2.20. The van der Waals surface area contributed by atoms with E-state index in [0.29, 0.717) is 24.4 Å².